The van der Waals surface area contributed by atoms with Crippen LogP contribution >= 0.6 is 23.6 Å². The number of amides is 1. The van der Waals surface area contributed by atoms with Gasteiger partial charge in [0, 0.05) is 19.2 Å². The van der Waals surface area contributed by atoms with Gasteiger partial charge in [0.25, 0.3) is 16.6 Å². The predicted octanol–water partition coefficient (Wildman–Crippen LogP) is 3.38. The van der Waals surface area contributed by atoms with Crippen molar-refractivity contribution in [3.8, 4) is 10.8 Å². The first kappa shape index (κ1) is 17.5. The molecule has 0 aliphatic carbocycles. The number of benzene rings is 1. The number of carbonyl (C=O) groups is 1. The molecule has 130 valence electrons. The highest BCUT2D eigenvalue weighted by Crippen LogP contribution is 2.23. The molecule has 0 aliphatic heterocycles. The number of hydrogen-bond acceptors (Lipinski definition) is 6. The monoisotopic (exact) mass is 374 g/mol. The minimum atomic E-state index is -0.0880. The minimum Gasteiger partial charge on any atom is -0.408 e. The van der Waals surface area contributed by atoms with Crippen molar-refractivity contribution in [2.24, 2.45) is 0 Å². The first-order chi connectivity index (χ1) is 12.1. The Labute approximate surface area is 154 Å². The molecule has 0 aliphatic rings. The van der Waals surface area contributed by atoms with Crippen LogP contribution in [0.5, 0.6) is 0 Å². The second-order valence-electron chi connectivity index (χ2n) is 5.58. The Balaban J connectivity index is 1.66. The molecule has 25 heavy (non-hydrogen) atoms. The lowest BCUT2D eigenvalue weighted by Crippen LogP contribution is -2.22. The topological polar surface area (TPSA) is 63.3 Å². The molecule has 0 spiro atoms. The molecule has 0 saturated heterocycles. The van der Waals surface area contributed by atoms with E-state index in [9.17, 15) is 4.79 Å². The van der Waals surface area contributed by atoms with E-state index in [0.717, 1.165) is 10.4 Å². The predicted molar refractivity (Wildman–Crippen MR) is 99.9 cm³/mol. The number of hydrogen-bond donors (Lipinski definition) is 1. The van der Waals surface area contributed by atoms with Gasteiger partial charge in [0.1, 0.15) is 0 Å². The Kier molecular flexibility index (Phi) is 5.42. The lowest BCUT2D eigenvalue weighted by Gasteiger charge is -2.16. The highest BCUT2D eigenvalue weighted by molar-refractivity contribution is 7.71. The molecule has 2 aromatic heterocycles. The third kappa shape index (κ3) is 4.22. The first-order valence-electron chi connectivity index (χ1n) is 7.68. The molecule has 6 nitrogen and oxygen atoms in total. The molecule has 8 heteroatoms. The van der Waals surface area contributed by atoms with E-state index in [1.807, 2.05) is 48.8 Å². The molecule has 1 aromatic carbocycles. The Morgan fingerprint density at radius 2 is 2.12 bits per heavy atom. The Hall–Kier alpha value is -2.29. The normalized spacial score (nSPS) is 11.0. The summed E-state index contributed by atoms with van der Waals surface area (Å²) in [5.41, 5.74) is 1.75. The molecule has 1 amide bonds. The average molecular weight is 374 g/mol. The Morgan fingerprint density at radius 3 is 2.76 bits per heavy atom. The average Bonchev–Trinajstić information content (AvgIpc) is 3.25. The van der Waals surface area contributed by atoms with Gasteiger partial charge < -0.3 is 9.73 Å². The van der Waals surface area contributed by atoms with E-state index in [-0.39, 0.29) is 5.91 Å². The summed E-state index contributed by atoms with van der Waals surface area (Å²) in [5, 5.41) is 9.03. The number of nitrogens with one attached hydrogen (secondary N) is 1. The van der Waals surface area contributed by atoms with E-state index >= 15 is 0 Å². The summed E-state index contributed by atoms with van der Waals surface area (Å²) in [6, 6.07) is 11.4. The SMILES string of the molecule is CNC(=O)c1ccc(CN(C)Cn2nc(-c3cccs3)oc2=S)cc1. The van der Waals surface area contributed by atoms with Crippen LogP contribution in [0, 0.1) is 4.84 Å². The molecule has 0 saturated carbocycles. The van der Waals surface area contributed by atoms with Crippen molar-refractivity contribution in [1.29, 1.82) is 0 Å². The highest BCUT2D eigenvalue weighted by atomic mass is 32.1. The zero-order chi connectivity index (χ0) is 17.8. The van der Waals surface area contributed by atoms with Crippen LogP contribution in [-0.4, -0.2) is 34.7 Å². The molecule has 3 rings (SSSR count). The van der Waals surface area contributed by atoms with Gasteiger partial charge in [0.05, 0.1) is 11.5 Å². The Bertz CT molecular complexity index is 898. The van der Waals surface area contributed by atoms with Gasteiger partial charge in [-0.1, -0.05) is 18.2 Å². The number of carbonyl (C=O) groups excluding carboxylic acids is 1. The van der Waals surface area contributed by atoms with Gasteiger partial charge >= 0.3 is 0 Å². The number of thiophene rings is 1. The maximum atomic E-state index is 11.6. The van der Waals surface area contributed by atoms with Crippen molar-refractivity contribution in [2.75, 3.05) is 14.1 Å². The fourth-order valence-corrected chi connectivity index (χ4v) is 3.21. The molecular weight excluding hydrogens is 356 g/mol. The van der Waals surface area contributed by atoms with Crippen molar-refractivity contribution < 1.29 is 9.21 Å². The number of rotatable bonds is 6. The van der Waals surface area contributed by atoms with Gasteiger partial charge in [-0.05, 0) is 48.4 Å². The highest BCUT2D eigenvalue weighted by Gasteiger charge is 2.11. The first-order valence-corrected chi connectivity index (χ1v) is 8.97. The van der Waals surface area contributed by atoms with E-state index in [1.165, 1.54) is 0 Å². The van der Waals surface area contributed by atoms with Crippen LogP contribution in [0.25, 0.3) is 10.8 Å². The van der Waals surface area contributed by atoms with E-state index in [0.29, 0.717) is 29.5 Å². The fourth-order valence-electron chi connectivity index (χ4n) is 2.39. The molecule has 3 aromatic rings. The van der Waals surface area contributed by atoms with Crippen LogP contribution in [0.15, 0.2) is 46.2 Å². The van der Waals surface area contributed by atoms with Crippen molar-refractivity contribution in [3.63, 3.8) is 0 Å². The van der Waals surface area contributed by atoms with E-state index < -0.39 is 0 Å². The molecule has 0 bridgehead atoms. The molecule has 0 radical (unpaired) electrons. The van der Waals surface area contributed by atoms with Crippen LogP contribution in [0.4, 0.5) is 0 Å². The zero-order valence-electron chi connectivity index (χ0n) is 13.9. The third-order valence-corrected chi connectivity index (χ3v) is 4.76. The summed E-state index contributed by atoms with van der Waals surface area (Å²) in [5.74, 6) is 0.457. The maximum absolute atomic E-state index is 11.6. The summed E-state index contributed by atoms with van der Waals surface area (Å²) in [7, 11) is 3.60. The van der Waals surface area contributed by atoms with Crippen molar-refractivity contribution in [1.82, 2.24) is 20.0 Å². The van der Waals surface area contributed by atoms with E-state index in [4.69, 9.17) is 16.6 Å². The van der Waals surface area contributed by atoms with Crippen LogP contribution in [-0.2, 0) is 13.2 Å². The van der Waals surface area contributed by atoms with Gasteiger partial charge in [-0.2, -0.15) is 0 Å². The Morgan fingerprint density at radius 1 is 1.36 bits per heavy atom. The second kappa shape index (κ2) is 7.73. The maximum Gasteiger partial charge on any atom is 0.288 e. The van der Waals surface area contributed by atoms with Crippen molar-refractivity contribution >= 4 is 29.5 Å². The lowest BCUT2D eigenvalue weighted by molar-refractivity contribution is 0.0963. The van der Waals surface area contributed by atoms with E-state index in [2.05, 4.69) is 15.3 Å². The summed E-state index contributed by atoms with van der Waals surface area (Å²) >= 11 is 6.82. The van der Waals surface area contributed by atoms with Gasteiger partial charge in [-0.3, -0.25) is 9.69 Å². The van der Waals surface area contributed by atoms with Crippen LogP contribution in [0.1, 0.15) is 15.9 Å². The molecule has 2 heterocycles. The number of nitrogens with zero attached hydrogens (tertiary/aromatic N) is 3. The van der Waals surface area contributed by atoms with Gasteiger partial charge in [0.15, 0.2) is 0 Å². The van der Waals surface area contributed by atoms with Crippen LogP contribution in [0.3, 0.4) is 0 Å². The molecule has 0 atom stereocenters. The second-order valence-corrected chi connectivity index (χ2v) is 6.88. The van der Waals surface area contributed by atoms with Crippen LogP contribution in [0.2, 0.25) is 0 Å². The smallest absolute Gasteiger partial charge is 0.288 e. The molecule has 0 unspecified atom stereocenters. The molecule has 0 fully saturated rings. The summed E-state index contributed by atoms with van der Waals surface area (Å²) in [6.07, 6.45) is 0. The van der Waals surface area contributed by atoms with Crippen molar-refractivity contribution in [3.05, 3.63) is 57.7 Å². The van der Waals surface area contributed by atoms with Crippen LogP contribution < -0.4 is 5.32 Å². The standard InChI is InChI=1S/C17H18N4O2S2/c1-18-15(22)13-7-5-12(6-8-13)10-20(2)11-21-17(24)23-16(19-21)14-4-3-9-25-14/h3-9H,10-11H2,1-2H3,(H,18,22). The number of aromatic nitrogens is 2. The quantitative estimate of drug-likeness (QED) is 0.670. The summed E-state index contributed by atoms with van der Waals surface area (Å²) in [4.78, 5) is 15.0. The van der Waals surface area contributed by atoms with Gasteiger partial charge in [0.2, 0.25) is 0 Å². The van der Waals surface area contributed by atoms with Gasteiger partial charge in [-0.15, -0.1) is 16.4 Å². The minimum absolute atomic E-state index is 0.0880. The summed E-state index contributed by atoms with van der Waals surface area (Å²) < 4.78 is 7.24. The third-order valence-electron chi connectivity index (χ3n) is 3.61. The molecular formula is C17H18N4O2S2. The van der Waals surface area contributed by atoms with Crippen molar-refractivity contribution in [2.45, 2.75) is 13.2 Å². The fraction of sp³-hybridized carbons (Fsp3) is 0.235. The largest absolute Gasteiger partial charge is 0.408 e. The molecule has 1 N–H and O–H groups in total. The zero-order valence-corrected chi connectivity index (χ0v) is 15.6. The lowest BCUT2D eigenvalue weighted by atomic mass is 10.1. The summed E-state index contributed by atoms with van der Waals surface area (Å²) in [6.45, 7) is 1.22. The van der Waals surface area contributed by atoms with E-state index in [1.54, 1.807) is 23.1 Å². The van der Waals surface area contributed by atoms with Gasteiger partial charge in [-0.25, -0.2) is 4.68 Å².